The van der Waals surface area contributed by atoms with Gasteiger partial charge in [-0.2, -0.15) is 0 Å². The van der Waals surface area contributed by atoms with E-state index in [-0.39, 0.29) is 24.2 Å². The quantitative estimate of drug-likeness (QED) is 0.810. The van der Waals surface area contributed by atoms with Crippen LogP contribution in [0.4, 0.5) is 5.69 Å². The first-order valence-electron chi connectivity index (χ1n) is 9.86. The molecule has 0 spiro atoms. The van der Waals surface area contributed by atoms with Gasteiger partial charge in [0.25, 0.3) is 0 Å². The summed E-state index contributed by atoms with van der Waals surface area (Å²) in [5.74, 6) is 0.996. The van der Waals surface area contributed by atoms with Gasteiger partial charge in [-0.1, -0.05) is 11.6 Å². The summed E-state index contributed by atoms with van der Waals surface area (Å²) in [4.78, 5) is 26.6. The zero-order chi connectivity index (χ0) is 18.6. The van der Waals surface area contributed by atoms with Gasteiger partial charge in [0.15, 0.2) is 11.5 Å². The number of anilines is 1. The second-order valence-corrected chi connectivity index (χ2v) is 7.38. The van der Waals surface area contributed by atoms with E-state index in [1.165, 1.54) is 18.4 Å². The molecule has 4 rings (SSSR count). The monoisotopic (exact) mass is 370 g/mol. The summed E-state index contributed by atoms with van der Waals surface area (Å²) in [6, 6.07) is 5.49. The van der Waals surface area contributed by atoms with Crippen molar-refractivity contribution < 1.29 is 19.1 Å². The minimum absolute atomic E-state index is 0.0261. The number of hydrogen-bond donors (Lipinski definition) is 1. The molecule has 1 aromatic rings. The molecule has 0 saturated carbocycles. The fourth-order valence-electron chi connectivity index (χ4n) is 3.95. The number of ether oxygens (including phenoxy) is 2. The molecule has 6 nitrogen and oxygen atoms in total. The van der Waals surface area contributed by atoms with Crippen LogP contribution in [-0.4, -0.2) is 38.1 Å². The molecule has 2 heterocycles. The molecule has 27 heavy (non-hydrogen) atoms. The lowest BCUT2D eigenvalue weighted by Crippen LogP contribution is -2.33. The Balaban J connectivity index is 1.33. The van der Waals surface area contributed by atoms with Crippen LogP contribution in [0.15, 0.2) is 29.8 Å². The SMILES string of the molecule is O=C(NCCC1=CCCCC1)[C@@H]1CC(=O)N(c2ccc3c(c2)OCCO3)C1. The van der Waals surface area contributed by atoms with Crippen LogP contribution in [0.25, 0.3) is 0 Å². The van der Waals surface area contributed by atoms with E-state index in [2.05, 4.69) is 11.4 Å². The Hall–Kier alpha value is -2.50. The smallest absolute Gasteiger partial charge is 0.227 e. The highest BCUT2D eigenvalue weighted by Gasteiger charge is 2.35. The van der Waals surface area contributed by atoms with Crippen LogP contribution >= 0.6 is 0 Å². The zero-order valence-electron chi connectivity index (χ0n) is 15.5. The second kappa shape index (κ2) is 8.03. The van der Waals surface area contributed by atoms with Crippen molar-refractivity contribution in [2.24, 2.45) is 5.92 Å². The third-order valence-corrected chi connectivity index (χ3v) is 5.46. The molecule has 1 aliphatic carbocycles. The summed E-state index contributed by atoms with van der Waals surface area (Å²) < 4.78 is 11.1. The van der Waals surface area contributed by atoms with Gasteiger partial charge in [-0.25, -0.2) is 0 Å². The van der Waals surface area contributed by atoms with Crippen LogP contribution in [0, 0.1) is 5.92 Å². The number of rotatable bonds is 5. The van der Waals surface area contributed by atoms with E-state index in [0.29, 0.717) is 37.8 Å². The zero-order valence-corrected chi connectivity index (χ0v) is 15.5. The van der Waals surface area contributed by atoms with Crippen LogP contribution in [0.2, 0.25) is 0 Å². The molecule has 1 fully saturated rings. The minimum atomic E-state index is -0.300. The molecular weight excluding hydrogens is 344 g/mol. The predicted molar refractivity (Wildman–Crippen MR) is 102 cm³/mol. The number of carbonyl (C=O) groups is 2. The summed E-state index contributed by atoms with van der Waals surface area (Å²) in [6.07, 6.45) is 8.30. The average Bonchev–Trinajstić information content (AvgIpc) is 3.10. The molecule has 0 radical (unpaired) electrons. The molecule has 3 aliphatic rings. The van der Waals surface area contributed by atoms with Gasteiger partial charge in [0, 0.05) is 31.3 Å². The van der Waals surface area contributed by atoms with Gasteiger partial charge in [0.1, 0.15) is 13.2 Å². The van der Waals surface area contributed by atoms with Crippen molar-refractivity contribution in [2.75, 3.05) is 31.2 Å². The highest BCUT2D eigenvalue weighted by Crippen LogP contribution is 2.36. The number of fused-ring (bicyclic) bond motifs is 1. The molecule has 1 N–H and O–H groups in total. The Morgan fingerprint density at radius 2 is 2.04 bits per heavy atom. The van der Waals surface area contributed by atoms with Crippen LogP contribution in [-0.2, 0) is 9.59 Å². The number of allylic oxidation sites excluding steroid dienone is 1. The Kier molecular flexibility index (Phi) is 5.32. The maximum Gasteiger partial charge on any atom is 0.227 e. The van der Waals surface area contributed by atoms with Gasteiger partial charge in [-0.05, 0) is 44.2 Å². The van der Waals surface area contributed by atoms with E-state index >= 15 is 0 Å². The van der Waals surface area contributed by atoms with E-state index in [9.17, 15) is 9.59 Å². The maximum atomic E-state index is 12.5. The molecule has 2 aliphatic heterocycles. The highest BCUT2D eigenvalue weighted by molar-refractivity contribution is 6.00. The number of nitrogens with zero attached hydrogens (tertiary/aromatic N) is 1. The standard InChI is InChI=1S/C21H26N2O4/c24-20-12-16(21(25)22-9-8-15-4-2-1-3-5-15)14-23(20)17-6-7-18-19(13-17)27-11-10-26-18/h4,6-7,13,16H,1-3,5,8-12,14H2,(H,22,25)/t16-/m1/s1. The first-order valence-corrected chi connectivity index (χ1v) is 9.86. The maximum absolute atomic E-state index is 12.5. The lowest BCUT2D eigenvalue weighted by molar-refractivity contribution is -0.126. The summed E-state index contributed by atoms with van der Waals surface area (Å²) in [6.45, 7) is 2.10. The Morgan fingerprint density at radius 3 is 2.85 bits per heavy atom. The fraction of sp³-hybridized carbons (Fsp3) is 0.524. The third-order valence-electron chi connectivity index (χ3n) is 5.46. The molecule has 6 heteroatoms. The van der Waals surface area contributed by atoms with E-state index in [1.807, 2.05) is 18.2 Å². The lowest BCUT2D eigenvalue weighted by Gasteiger charge is -2.22. The molecule has 0 bridgehead atoms. The van der Waals surface area contributed by atoms with Gasteiger partial charge in [-0.15, -0.1) is 0 Å². The van der Waals surface area contributed by atoms with Crippen LogP contribution in [0.3, 0.4) is 0 Å². The summed E-state index contributed by atoms with van der Waals surface area (Å²) in [5, 5.41) is 3.01. The topological polar surface area (TPSA) is 67.9 Å². The van der Waals surface area contributed by atoms with Gasteiger partial charge in [-0.3, -0.25) is 9.59 Å². The van der Waals surface area contributed by atoms with Gasteiger partial charge >= 0.3 is 0 Å². The molecule has 0 unspecified atom stereocenters. The van der Waals surface area contributed by atoms with Gasteiger partial charge in [0.2, 0.25) is 11.8 Å². The van der Waals surface area contributed by atoms with Crippen molar-refractivity contribution in [3.05, 3.63) is 29.8 Å². The second-order valence-electron chi connectivity index (χ2n) is 7.38. The van der Waals surface area contributed by atoms with Crippen molar-refractivity contribution in [3.8, 4) is 11.5 Å². The Labute approximate surface area is 159 Å². The Bertz CT molecular complexity index is 759. The number of carbonyl (C=O) groups excluding carboxylic acids is 2. The number of amides is 2. The predicted octanol–water partition coefficient (Wildman–Crippen LogP) is 2.82. The van der Waals surface area contributed by atoms with Crippen molar-refractivity contribution in [1.82, 2.24) is 5.32 Å². The first kappa shape index (κ1) is 17.9. The lowest BCUT2D eigenvalue weighted by atomic mass is 9.97. The molecule has 1 saturated heterocycles. The van der Waals surface area contributed by atoms with Crippen molar-refractivity contribution in [3.63, 3.8) is 0 Å². The van der Waals surface area contributed by atoms with Crippen molar-refractivity contribution >= 4 is 17.5 Å². The summed E-state index contributed by atoms with van der Waals surface area (Å²) in [5.41, 5.74) is 2.20. The molecule has 144 valence electrons. The number of hydrogen-bond acceptors (Lipinski definition) is 4. The number of benzene rings is 1. The van der Waals surface area contributed by atoms with E-state index in [0.717, 1.165) is 24.9 Å². The molecule has 2 amide bonds. The largest absolute Gasteiger partial charge is 0.486 e. The van der Waals surface area contributed by atoms with Crippen molar-refractivity contribution in [2.45, 2.75) is 38.5 Å². The summed E-state index contributed by atoms with van der Waals surface area (Å²) in [7, 11) is 0. The van der Waals surface area contributed by atoms with E-state index < -0.39 is 0 Å². The van der Waals surface area contributed by atoms with Gasteiger partial charge < -0.3 is 19.7 Å². The van der Waals surface area contributed by atoms with Crippen LogP contribution in [0.1, 0.15) is 38.5 Å². The molecule has 0 aromatic heterocycles. The molecule has 1 atom stereocenters. The van der Waals surface area contributed by atoms with E-state index in [1.54, 1.807) is 4.90 Å². The van der Waals surface area contributed by atoms with Gasteiger partial charge in [0.05, 0.1) is 5.92 Å². The average molecular weight is 370 g/mol. The third kappa shape index (κ3) is 4.10. The van der Waals surface area contributed by atoms with E-state index in [4.69, 9.17) is 9.47 Å². The Morgan fingerprint density at radius 1 is 1.19 bits per heavy atom. The fourth-order valence-corrected chi connectivity index (χ4v) is 3.95. The van der Waals surface area contributed by atoms with Crippen molar-refractivity contribution in [1.29, 1.82) is 0 Å². The minimum Gasteiger partial charge on any atom is -0.486 e. The molecular formula is C21H26N2O4. The number of nitrogens with one attached hydrogen (secondary N) is 1. The van der Waals surface area contributed by atoms with Crippen LogP contribution < -0.4 is 19.7 Å². The molecule has 1 aromatic carbocycles. The summed E-state index contributed by atoms with van der Waals surface area (Å²) >= 11 is 0. The highest BCUT2D eigenvalue weighted by atomic mass is 16.6. The normalized spacial score (nSPS) is 21.8. The first-order chi connectivity index (χ1) is 13.2. The van der Waals surface area contributed by atoms with Crippen LogP contribution in [0.5, 0.6) is 11.5 Å².